The van der Waals surface area contributed by atoms with Crippen molar-refractivity contribution in [3.05, 3.63) is 33.7 Å². The van der Waals surface area contributed by atoms with Crippen molar-refractivity contribution >= 4 is 11.9 Å². The van der Waals surface area contributed by atoms with E-state index < -0.39 is 17.4 Å². The summed E-state index contributed by atoms with van der Waals surface area (Å²) in [5.74, 6) is -1.46. The van der Waals surface area contributed by atoms with Crippen molar-refractivity contribution < 1.29 is 14.7 Å². The van der Waals surface area contributed by atoms with E-state index in [0.717, 1.165) is 0 Å². The number of rotatable bonds is 5. The third-order valence-corrected chi connectivity index (χ3v) is 3.45. The van der Waals surface area contributed by atoms with E-state index in [-0.39, 0.29) is 18.4 Å². The van der Waals surface area contributed by atoms with Crippen LogP contribution < -0.4 is 10.7 Å². The molecule has 6 heteroatoms. The van der Waals surface area contributed by atoms with Crippen LogP contribution in [0.5, 0.6) is 0 Å². The minimum atomic E-state index is -1.28. The smallest absolute Gasteiger partial charge is 0.329 e. The molecule has 110 valence electrons. The van der Waals surface area contributed by atoms with E-state index in [1.807, 2.05) is 0 Å². The molecule has 1 unspecified atom stereocenters. The Morgan fingerprint density at radius 1 is 1.30 bits per heavy atom. The van der Waals surface area contributed by atoms with E-state index in [2.05, 4.69) is 5.32 Å². The van der Waals surface area contributed by atoms with Gasteiger partial charge in [-0.2, -0.15) is 0 Å². The molecule has 20 heavy (non-hydrogen) atoms. The third-order valence-electron chi connectivity index (χ3n) is 3.45. The lowest BCUT2D eigenvalue weighted by atomic mass is 9.99. The Bertz CT molecular complexity index is 565. The molecule has 1 heterocycles. The number of aromatic nitrogens is 1. The topological polar surface area (TPSA) is 88.4 Å². The maximum atomic E-state index is 12.0. The monoisotopic (exact) mass is 280 g/mol. The first-order valence-corrected chi connectivity index (χ1v) is 6.42. The number of carboxylic acids is 1. The van der Waals surface area contributed by atoms with Crippen LogP contribution in [0.4, 0.5) is 0 Å². The molecule has 0 fully saturated rings. The molecule has 0 radical (unpaired) electrons. The Morgan fingerprint density at radius 3 is 2.20 bits per heavy atom. The fourth-order valence-corrected chi connectivity index (χ4v) is 1.92. The van der Waals surface area contributed by atoms with Crippen LogP contribution >= 0.6 is 0 Å². The van der Waals surface area contributed by atoms with Gasteiger partial charge in [-0.15, -0.1) is 0 Å². The molecule has 0 saturated heterocycles. The summed E-state index contributed by atoms with van der Waals surface area (Å²) in [6, 6.07) is 2.88. The van der Waals surface area contributed by atoms with Crippen LogP contribution in [0.25, 0.3) is 0 Å². The zero-order chi connectivity index (χ0) is 15.5. The molecule has 0 bridgehead atoms. The van der Waals surface area contributed by atoms with Gasteiger partial charge in [0.1, 0.15) is 12.1 Å². The van der Waals surface area contributed by atoms with E-state index in [0.29, 0.717) is 11.4 Å². The Kier molecular flexibility index (Phi) is 4.70. The van der Waals surface area contributed by atoms with Crippen molar-refractivity contribution in [3.63, 3.8) is 0 Å². The number of aliphatic carboxylic acids is 1. The van der Waals surface area contributed by atoms with Crippen molar-refractivity contribution in [1.82, 2.24) is 9.88 Å². The lowest BCUT2D eigenvalue weighted by Crippen LogP contribution is -2.52. The van der Waals surface area contributed by atoms with Crippen molar-refractivity contribution in [2.75, 3.05) is 0 Å². The fraction of sp³-hybridized carbons (Fsp3) is 0.500. The fourth-order valence-electron chi connectivity index (χ4n) is 1.92. The van der Waals surface area contributed by atoms with E-state index in [9.17, 15) is 14.4 Å². The van der Waals surface area contributed by atoms with Crippen LogP contribution in [0.15, 0.2) is 16.9 Å². The second-order valence-corrected chi connectivity index (χ2v) is 5.10. The molecule has 0 saturated carbocycles. The van der Waals surface area contributed by atoms with Crippen LogP contribution in [0.2, 0.25) is 0 Å². The van der Waals surface area contributed by atoms with Gasteiger partial charge in [-0.3, -0.25) is 9.59 Å². The Balaban J connectivity index is 2.93. The standard InChI is InChI=1S/C14H20N2O4/c1-5-14(4,13(19)20)15-12(18)8-16-9(2)6-11(17)7-10(16)3/h6-7H,5,8H2,1-4H3,(H,15,18)(H,19,20). The van der Waals surface area contributed by atoms with Gasteiger partial charge in [-0.25, -0.2) is 4.79 Å². The van der Waals surface area contributed by atoms with Gasteiger partial charge in [0.05, 0.1) is 0 Å². The summed E-state index contributed by atoms with van der Waals surface area (Å²) < 4.78 is 1.68. The highest BCUT2D eigenvalue weighted by Gasteiger charge is 2.32. The number of nitrogens with zero attached hydrogens (tertiary/aromatic N) is 1. The first-order valence-electron chi connectivity index (χ1n) is 6.42. The highest BCUT2D eigenvalue weighted by molar-refractivity contribution is 5.86. The molecule has 0 aliphatic carbocycles. The molecule has 0 aliphatic rings. The summed E-state index contributed by atoms with van der Waals surface area (Å²) in [4.78, 5) is 34.5. The highest BCUT2D eigenvalue weighted by atomic mass is 16.4. The lowest BCUT2D eigenvalue weighted by molar-refractivity contribution is -0.147. The van der Waals surface area contributed by atoms with Crippen LogP contribution in [0.3, 0.4) is 0 Å². The molecule has 1 aromatic rings. The number of carbonyl (C=O) groups excluding carboxylic acids is 1. The average Bonchev–Trinajstić information content (AvgIpc) is 2.33. The summed E-state index contributed by atoms with van der Waals surface area (Å²) in [6.07, 6.45) is 0.288. The molecule has 0 spiro atoms. The largest absolute Gasteiger partial charge is 0.480 e. The van der Waals surface area contributed by atoms with Crippen molar-refractivity contribution in [2.24, 2.45) is 0 Å². The van der Waals surface area contributed by atoms with Crippen LogP contribution in [0.1, 0.15) is 31.7 Å². The van der Waals surface area contributed by atoms with Crippen molar-refractivity contribution in [1.29, 1.82) is 0 Å². The van der Waals surface area contributed by atoms with E-state index >= 15 is 0 Å². The first kappa shape index (κ1) is 15.9. The second-order valence-electron chi connectivity index (χ2n) is 5.10. The lowest BCUT2D eigenvalue weighted by Gasteiger charge is -2.25. The van der Waals surface area contributed by atoms with Crippen LogP contribution in [0, 0.1) is 13.8 Å². The number of pyridine rings is 1. The average molecular weight is 280 g/mol. The predicted molar refractivity (Wildman–Crippen MR) is 74.7 cm³/mol. The summed E-state index contributed by atoms with van der Waals surface area (Å²) in [5, 5.41) is 11.7. The third kappa shape index (κ3) is 3.46. The molecule has 6 nitrogen and oxygen atoms in total. The van der Waals surface area contributed by atoms with Gasteiger partial charge in [-0.1, -0.05) is 6.92 Å². The summed E-state index contributed by atoms with van der Waals surface area (Å²) in [6.45, 7) is 6.62. The quantitative estimate of drug-likeness (QED) is 0.836. The minimum Gasteiger partial charge on any atom is -0.480 e. The summed E-state index contributed by atoms with van der Waals surface area (Å²) in [7, 11) is 0. The Labute approximate surface area is 117 Å². The van der Waals surface area contributed by atoms with Crippen LogP contribution in [-0.2, 0) is 16.1 Å². The molecular weight excluding hydrogens is 260 g/mol. The maximum Gasteiger partial charge on any atom is 0.329 e. The van der Waals surface area contributed by atoms with E-state index in [4.69, 9.17) is 5.11 Å². The minimum absolute atomic E-state index is 0.0131. The molecular formula is C14H20N2O4. The first-order chi connectivity index (χ1) is 9.19. The molecule has 1 atom stereocenters. The number of amides is 1. The van der Waals surface area contributed by atoms with Crippen LogP contribution in [-0.4, -0.2) is 27.1 Å². The second kappa shape index (κ2) is 5.90. The SMILES string of the molecule is CCC(C)(NC(=O)Cn1c(C)cc(=O)cc1C)C(=O)O. The molecule has 1 rings (SSSR count). The molecule has 2 N–H and O–H groups in total. The van der Waals surface area contributed by atoms with E-state index in [1.165, 1.54) is 19.1 Å². The molecule has 0 aliphatic heterocycles. The van der Waals surface area contributed by atoms with Gasteiger partial charge < -0.3 is 15.0 Å². The number of hydrogen-bond acceptors (Lipinski definition) is 3. The van der Waals surface area contributed by atoms with Gasteiger partial charge in [0, 0.05) is 23.5 Å². The number of hydrogen-bond donors (Lipinski definition) is 2. The summed E-state index contributed by atoms with van der Waals surface area (Å²) >= 11 is 0. The van der Waals surface area contributed by atoms with Gasteiger partial charge in [0.2, 0.25) is 5.91 Å². The number of carbonyl (C=O) groups is 2. The predicted octanol–water partition coefficient (Wildman–Crippen LogP) is 0.835. The molecule has 0 aromatic carbocycles. The Hall–Kier alpha value is -2.11. The molecule has 1 aromatic heterocycles. The molecule has 1 amide bonds. The zero-order valence-corrected chi connectivity index (χ0v) is 12.2. The van der Waals surface area contributed by atoms with Crippen molar-refractivity contribution in [2.45, 2.75) is 46.2 Å². The normalized spacial score (nSPS) is 13.6. The summed E-state index contributed by atoms with van der Waals surface area (Å²) in [5.41, 5.74) is -0.0595. The Morgan fingerprint density at radius 2 is 1.80 bits per heavy atom. The van der Waals surface area contributed by atoms with Gasteiger partial charge in [0.15, 0.2) is 5.43 Å². The number of carboxylic acid groups (broad SMARTS) is 1. The van der Waals surface area contributed by atoms with E-state index in [1.54, 1.807) is 25.3 Å². The zero-order valence-electron chi connectivity index (χ0n) is 12.2. The van der Waals surface area contributed by atoms with Gasteiger partial charge in [0.25, 0.3) is 0 Å². The number of nitrogens with one attached hydrogen (secondary N) is 1. The van der Waals surface area contributed by atoms with Gasteiger partial charge in [-0.05, 0) is 27.2 Å². The maximum absolute atomic E-state index is 12.0. The van der Waals surface area contributed by atoms with Gasteiger partial charge >= 0.3 is 5.97 Å². The highest BCUT2D eigenvalue weighted by Crippen LogP contribution is 2.10. The number of aryl methyl sites for hydroxylation is 2. The van der Waals surface area contributed by atoms with Crippen molar-refractivity contribution in [3.8, 4) is 0 Å².